The van der Waals surface area contributed by atoms with Crippen LogP contribution in [0.5, 0.6) is 5.75 Å². The van der Waals surface area contributed by atoms with E-state index in [2.05, 4.69) is 26.9 Å². The SMILES string of the molecule is COc1ccc([C@@H](CC(=O)NCc2ccc(N(C)C)cc2)n2cccc2)cc1. The second kappa shape index (κ2) is 9.13. The Balaban J connectivity index is 1.65. The average Bonchev–Trinajstić information content (AvgIpc) is 3.25. The fourth-order valence-corrected chi connectivity index (χ4v) is 3.14. The Morgan fingerprint density at radius 3 is 2.25 bits per heavy atom. The number of rotatable bonds is 8. The molecule has 0 bridgehead atoms. The number of methoxy groups -OCH3 is 1. The molecule has 3 rings (SSSR count). The van der Waals surface area contributed by atoms with E-state index in [1.54, 1.807) is 7.11 Å². The zero-order valence-corrected chi connectivity index (χ0v) is 16.6. The van der Waals surface area contributed by atoms with Crippen molar-refractivity contribution in [1.82, 2.24) is 9.88 Å². The number of nitrogens with one attached hydrogen (secondary N) is 1. The highest BCUT2D eigenvalue weighted by molar-refractivity contribution is 5.77. The van der Waals surface area contributed by atoms with Crippen molar-refractivity contribution in [2.24, 2.45) is 0 Å². The molecular weight excluding hydrogens is 350 g/mol. The van der Waals surface area contributed by atoms with Crippen molar-refractivity contribution < 1.29 is 9.53 Å². The van der Waals surface area contributed by atoms with Crippen LogP contribution >= 0.6 is 0 Å². The monoisotopic (exact) mass is 377 g/mol. The number of carbonyl (C=O) groups is 1. The van der Waals surface area contributed by atoms with Crippen LogP contribution in [0.3, 0.4) is 0 Å². The summed E-state index contributed by atoms with van der Waals surface area (Å²) in [7, 11) is 5.67. The van der Waals surface area contributed by atoms with Gasteiger partial charge in [-0.25, -0.2) is 0 Å². The van der Waals surface area contributed by atoms with E-state index >= 15 is 0 Å². The molecule has 3 aromatic rings. The van der Waals surface area contributed by atoms with Crippen molar-refractivity contribution in [2.75, 3.05) is 26.1 Å². The molecule has 1 atom stereocenters. The normalized spacial score (nSPS) is 11.7. The molecule has 0 unspecified atom stereocenters. The minimum atomic E-state index is -0.0583. The molecule has 146 valence electrons. The van der Waals surface area contributed by atoms with Gasteiger partial charge >= 0.3 is 0 Å². The number of hydrogen-bond donors (Lipinski definition) is 1. The molecule has 0 spiro atoms. The van der Waals surface area contributed by atoms with Gasteiger partial charge < -0.3 is 19.5 Å². The molecule has 28 heavy (non-hydrogen) atoms. The lowest BCUT2D eigenvalue weighted by Crippen LogP contribution is -2.26. The molecular formula is C23H27N3O2. The van der Waals surface area contributed by atoms with Gasteiger partial charge in [0.1, 0.15) is 5.75 Å². The van der Waals surface area contributed by atoms with E-state index in [9.17, 15) is 4.79 Å². The zero-order chi connectivity index (χ0) is 19.9. The van der Waals surface area contributed by atoms with Crippen molar-refractivity contribution in [3.8, 4) is 5.75 Å². The molecule has 5 nitrogen and oxygen atoms in total. The Morgan fingerprint density at radius 2 is 1.68 bits per heavy atom. The summed E-state index contributed by atoms with van der Waals surface area (Å²) in [5.41, 5.74) is 3.30. The fraction of sp³-hybridized carbons (Fsp3) is 0.261. The molecule has 1 amide bonds. The van der Waals surface area contributed by atoms with Crippen LogP contribution in [0.25, 0.3) is 0 Å². The number of anilines is 1. The van der Waals surface area contributed by atoms with Gasteiger partial charge in [-0.3, -0.25) is 4.79 Å². The largest absolute Gasteiger partial charge is 0.497 e. The van der Waals surface area contributed by atoms with E-state index in [0.717, 1.165) is 22.6 Å². The van der Waals surface area contributed by atoms with E-state index in [0.29, 0.717) is 13.0 Å². The van der Waals surface area contributed by atoms with E-state index < -0.39 is 0 Å². The summed E-state index contributed by atoms with van der Waals surface area (Å²) in [6.45, 7) is 0.521. The van der Waals surface area contributed by atoms with E-state index in [-0.39, 0.29) is 11.9 Å². The third-order valence-electron chi connectivity index (χ3n) is 4.81. The molecule has 0 aliphatic heterocycles. The van der Waals surface area contributed by atoms with Crippen LogP contribution in [-0.4, -0.2) is 31.7 Å². The molecule has 1 heterocycles. The first-order chi connectivity index (χ1) is 13.6. The van der Waals surface area contributed by atoms with Gasteiger partial charge in [-0.15, -0.1) is 0 Å². The van der Waals surface area contributed by atoms with E-state index in [4.69, 9.17) is 4.74 Å². The van der Waals surface area contributed by atoms with Crippen LogP contribution in [0.15, 0.2) is 73.1 Å². The number of hydrogen-bond acceptors (Lipinski definition) is 3. The van der Waals surface area contributed by atoms with E-state index in [1.165, 1.54) is 0 Å². The fourth-order valence-electron chi connectivity index (χ4n) is 3.14. The summed E-state index contributed by atoms with van der Waals surface area (Å²) in [6.07, 6.45) is 4.35. The Hall–Kier alpha value is -3.21. The first kappa shape index (κ1) is 19.5. The Morgan fingerprint density at radius 1 is 1.04 bits per heavy atom. The highest BCUT2D eigenvalue weighted by Gasteiger charge is 2.17. The van der Waals surface area contributed by atoms with Crippen LogP contribution in [-0.2, 0) is 11.3 Å². The minimum Gasteiger partial charge on any atom is -0.497 e. The van der Waals surface area contributed by atoms with Crippen LogP contribution < -0.4 is 15.0 Å². The first-order valence-electron chi connectivity index (χ1n) is 9.36. The number of benzene rings is 2. The Kier molecular flexibility index (Phi) is 6.37. The molecule has 1 aromatic heterocycles. The summed E-state index contributed by atoms with van der Waals surface area (Å²) in [5.74, 6) is 0.826. The molecule has 0 saturated heterocycles. The van der Waals surface area contributed by atoms with Crippen molar-refractivity contribution >= 4 is 11.6 Å². The summed E-state index contributed by atoms with van der Waals surface area (Å²) >= 11 is 0. The van der Waals surface area contributed by atoms with Crippen LogP contribution in [0.1, 0.15) is 23.6 Å². The highest BCUT2D eigenvalue weighted by Crippen LogP contribution is 2.24. The predicted octanol–water partition coefficient (Wildman–Crippen LogP) is 3.86. The summed E-state index contributed by atoms with van der Waals surface area (Å²) in [5, 5.41) is 3.04. The van der Waals surface area contributed by atoms with Gasteiger partial charge in [0.25, 0.3) is 0 Å². The topological polar surface area (TPSA) is 46.5 Å². The van der Waals surface area contributed by atoms with Crippen LogP contribution in [0, 0.1) is 0 Å². The van der Waals surface area contributed by atoms with Gasteiger partial charge in [-0.05, 0) is 47.5 Å². The second-order valence-corrected chi connectivity index (χ2v) is 6.96. The van der Waals surface area contributed by atoms with Gasteiger partial charge in [-0.1, -0.05) is 24.3 Å². The minimum absolute atomic E-state index is 0.0196. The predicted molar refractivity (Wildman–Crippen MR) is 113 cm³/mol. The Bertz CT molecular complexity index is 869. The lowest BCUT2D eigenvalue weighted by Gasteiger charge is -2.20. The molecule has 1 N–H and O–H groups in total. The molecule has 0 aliphatic rings. The maximum Gasteiger partial charge on any atom is 0.222 e. The maximum absolute atomic E-state index is 12.6. The van der Waals surface area contributed by atoms with E-state index in [1.807, 2.05) is 75.0 Å². The van der Waals surface area contributed by atoms with Crippen molar-refractivity contribution in [3.05, 3.63) is 84.2 Å². The van der Waals surface area contributed by atoms with Crippen molar-refractivity contribution in [1.29, 1.82) is 0 Å². The summed E-state index contributed by atoms with van der Waals surface area (Å²) in [6, 6.07) is 20.0. The third kappa shape index (κ3) is 4.94. The third-order valence-corrected chi connectivity index (χ3v) is 4.81. The molecule has 2 aromatic carbocycles. The highest BCUT2D eigenvalue weighted by atomic mass is 16.5. The standard InChI is InChI=1S/C23H27N3O2/c1-25(2)20-10-6-18(7-11-20)17-24-23(27)16-22(26-14-4-5-15-26)19-8-12-21(28-3)13-9-19/h4-15,22H,16-17H2,1-3H3,(H,24,27)/t22-/m1/s1. The quantitative estimate of drug-likeness (QED) is 0.648. The van der Waals surface area contributed by atoms with Gasteiger partial charge in [0.2, 0.25) is 5.91 Å². The van der Waals surface area contributed by atoms with Gasteiger partial charge in [0.05, 0.1) is 19.6 Å². The first-order valence-corrected chi connectivity index (χ1v) is 9.36. The van der Waals surface area contributed by atoms with Crippen molar-refractivity contribution in [3.63, 3.8) is 0 Å². The zero-order valence-electron chi connectivity index (χ0n) is 16.6. The molecule has 5 heteroatoms. The lowest BCUT2D eigenvalue weighted by atomic mass is 10.0. The lowest BCUT2D eigenvalue weighted by molar-refractivity contribution is -0.121. The average molecular weight is 377 g/mol. The van der Waals surface area contributed by atoms with Gasteiger partial charge in [-0.2, -0.15) is 0 Å². The van der Waals surface area contributed by atoms with Gasteiger partial charge in [0.15, 0.2) is 0 Å². The summed E-state index contributed by atoms with van der Waals surface area (Å²) < 4.78 is 7.31. The van der Waals surface area contributed by atoms with Gasteiger partial charge in [0, 0.05) is 38.7 Å². The number of ether oxygens (including phenoxy) is 1. The molecule has 0 saturated carbocycles. The molecule has 0 radical (unpaired) electrons. The second-order valence-electron chi connectivity index (χ2n) is 6.96. The smallest absolute Gasteiger partial charge is 0.222 e. The molecule has 0 aliphatic carbocycles. The van der Waals surface area contributed by atoms with Crippen LogP contribution in [0.2, 0.25) is 0 Å². The number of aromatic nitrogens is 1. The van der Waals surface area contributed by atoms with Crippen molar-refractivity contribution in [2.45, 2.75) is 19.0 Å². The number of nitrogens with zero attached hydrogens (tertiary/aromatic N) is 2. The maximum atomic E-state index is 12.6. The van der Waals surface area contributed by atoms with Crippen LogP contribution in [0.4, 0.5) is 5.69 Å². The number of amides is 1. The summed E-state index contributed by atoms with van der Waals surface area (Å²) in [4.78, 5) is 14.7. The number of carbonyl (C=O) groups excluding carboxylic acids is 1. The molecule has 0 fully saturated rings. The Labute approximate surface area is 166 Å².